The van der Waals surface area contributed by atoms with Gasteiger partial charge in [-0.2, -0.15) is 5.70 Å². The zero-order valence-corrected chi connectivity index (χ0v) is 23.2. The van der Waals surface area contributed by atoms with Gasteiger partial charge < -0.3 is 10.4 Å². The molecule has 0 spiro atoms. The summed E-state index contributed by atoms with van der Waals surface area (Å²) >= 11 is 0. The second kappa shape index (κ2) is 12.2. The van der Waals surface area contributed by atoms with Crippen LogP contribution in [-0.4, -0.2) is 16.8 Å². The number of carboxylic acid groups (broad SMARTS) is 1. The van der Waals surface area contributed by atoms with Crippen molar-refractivity contribution in [3.63, 3.8) is 0 Å². The molecule has 0 unspecified atom stereocenters. The van der Waals surface area contributed by atoms with E-state index in [2.05, 4.69) is 91.8 Å². The molecule has 0 atom stereocenters. The van der Waals surface area contributed by atoms with Crippen LogP contribution in [0.1, 0.15) is 122 Å². The predicted molar refractivity (Wildman–Crippen MR) is 150 cm³/mol. The Morgan fingerprint density at radius 1 is 0.771 bits per heavy atom. The number of nitrogens with zero attached hydrogens (tertiary/aromatic N) is 2. The largest absolute Gasteiger partial charge is 0.661 e. The third-order valence-electron chi connectivity index (χ3n) is 6.45. The maximum absolute atomic E-state index is 11.9. The normalized spacial score (nSPS) is 13.1. The molecule has 0 bridgehead atoms. The zero-order chi connectivity index (χ0) is 26.4. The van der Waals surface area contributed by atoms with Gasteiger partial charge in [0.25, 0.3) is 0 Å². The van der Waals surface area contributed by atoms with Gasteiger partial charge in [0.05, 0.1) is 12.1 Å². The van der Waals surface area contributed by atoms with Gasteiger partial charge in [0.15, 0.2) is 0 Å². The number of para-hydroxylation sites is 2. The fourth-order valence-corrected chi connectivity index (χ4v) is 4.42. The average Bonchev–Trinajstić information content (AvgIpc) is 2.76. The third kappa shape index (κ3) is 7.06. The van der Waals surface area contributed by atoms with Crippen molar-refractivity contribution in [3.05, 3.63) is 75.2 Å². The SMILES string of the molecule is CC(=Nc1c(C(C)C)cccc1C(C)C)/C(CC(=O)O)=C(/C)[N-]c1c(C(C)C)cccc1C(C)C. The molecule has 0 aliphatic carbocycles. The lowest BCUT2D eigenvalue weighted by Crippen LogP contribution is -2.08. The molecule has 35 heavy (non-hydrogen) atoms. The fraction of sp³-hybridized carbons (Fsp3) is 0.484. The van der Waals surface area contributed by atoms with Gasteiger partial charge >= 0.3 is 5.97 Å². The van der Waals surface area contributed by atoms with E-state index in [-0.39, 0.29) is 6.42 Å². The Labute approximate surface area is 212 Å². The summed E-state index contributed by atoms with van der Waals surface area (Å²) in [6, 6.07) is 12.7. The lowest BCUT2D eigenvalue weighted by Gasteiger charge is -2.34. The first-order chi connectivity index (χ1) is 16.3. The van der Waals surface area contributed by atoms with Crippen LogP contribution in [0.2, 0.25) is 0 Å². The van der Waals surface area contributed by atoms with E-state index in [4.69, 9.17) is 10.3 Å². The van der Waals surface area contributed by atoms with Gasteiger partial charge in [0, 0.05) is 5.71 Å². The van der Waals surface area contributed by atoms with Gasteiger partial charge in [-0.15, -0.1) is 5.69 Å². The number of allylic oxidation sites excluding steroid dienone is 1. The monoisotopic (exact) mass is 475 g/mol. The summed E-state index contributed by atoms with van der Waals surface area (Å²) in [5.74, 6) is 0.356. The van der Waals surface area contributed by atoms with E-state index in [0.29, 0.717) is 40.7 Å². The molecule has 2 rings (SSSR count). The minimum atomic E-state index is -0.883. The first kappa shape index (κ1) is 28.4. The van der Waals surface area contributed by atoms with Crippen molar-refractivity contribution in [2.45, 2.75) is 99.3 Å². The first-order valence-electron chi connectivity index (χ1n) is 12.8. The molecule has 0 aliphatic heterocycles. The number of hydrogen-bond acceptors (Lipinski definition) is 2. The minimum Gasteiger partial charge on any atom is -0.661 e. The summed E-state index contributed by atoms with van der Waals surface area (Å²) in [6.07, 6.45) is -0.119. The second-order valence-corrected chi connectivity index (χ2v) is 10.6. The van der Waals surface area contributed by atoms with Crippen LogP contribution in [0.15, 0.2) is 52.7 Å². The molecular formula is C31H43N2O2-. The Morgan fingerprint density at radius 3 is 1.54 bits per heavy atom. The summed E-state index contributed by atoms with van der Waals surface area (Å²) in [7, 11) is 0. The van der Waals surface area contributed by atoms with E-state index in [1.807, 2.05) is 13.8 Å². The van der Waals surface area contributed by atoms with Gasteiger partial charge in [-0.3, -0.25) is 9.79 Å². The summed E-state index contributed by atoms with van der Waals surface area (Å²) in [5, 5.41) is 14.8. The summed E-state index contributed by atoms with van der Waals surface area (Å²) in [6.45, 7) is 21.1. The lowest BCUT2D eigenvalue weighted by molar-refractivity contribution is -0.136. The zero-order valence-electron chi connectivity index (χ0n) is 23.2. The molecule has 0 aliphatic rings. The molecule has 1 N–H and O–H groups in total. The number of carbonyl (C=O) groups is 1. The van der Waals surface area contributed by atoms with E-state index in [1.54, 1.807) is 0 Å². The van der Waals surface area contributed by atoms with Crippen LogP contribution in [0.25, 0.3) is 5.32 Å². The molecule has 4 nitrogen and oxygen atoms in total. The highest BCUT2D eigenvalue weighted by Crippen LogP contribution is 2.41. The molecule has 2 aromatic rings. The van der Waals surface area contributed by atoms with Crippen LogP contribution in [0.4, 0.5) is 11.4 Å². The summed E-state index contributed by atoms with van der Waals surface area (Å²) in [5.41, 5.74) is 8.68. The Hall–Kier alpha value is -2.88. The van der Waals surface area contributed by atoms with E-state index in [9.17, 15) is 9.90 Å². The standard InChI is InChI=1S/C31H44N2O2/c1-18(2)24-13-11-14-25(19(3)4)30(24)32-22(9)28(17-29(34)35)23(10)33-31-26(20(5)6)15-12-16-27(31)21(7)8/h11-16,18-21H,17H2,1-10H3,(H2,32,33,34,35)/p-1. The molecular weight excluding hydrogens is 432 g/mol. The van der Waals surface area contributed by atoms with Crippen LogP contribution >= 0.6 is 0 Å². The number of benzene rings is 2. The maximum Gasteiger partial charge on any atom is 0.307 e. The molecule has 0 radical (unpaired) electrons. The van der Waals surface area contributed by atoms with Crippen molar-refractivity contribution in [2.75, 3.05) is 0 Å². The first-order valence-corrected chi connectivity index (χ1v) is 12.8. The summed E-state index contributed by atoms with van der Waals surface area (Å²) in [4.78, 5) is 17.0. The second-order valence-electron chi connectivity index (χ2n) is 10.6. The highest BCUT2D eigenvalue weighted by atomic mass is 16.4. The predicted octanol–water partition coefficient (Wildman–Crippen LogP) is 9.73. The van der Waals surface area contributed by atoms with Crippen molar-refractivity contribution >= 4 is 23.1 Å². The quantitative estimate of drug-likeness (QED) is 0.347. The fourth-order valence-electron chi connectivity index (χ4n) is 4.42. The highest BCUT2D eigenvalue weighted by Gasteiger charge is 2.16. The van der Waals surface area contributed by atoms with E-state index < -0.39 is 5.97 Å². The lowest BCUT2D eigenvalue weighted by atomic mass is 9.92. The van der Waals surface area contributed by atoms with Gasteiger partial charge in [-0.1, -0.05) is 110 Å². The van der Waals surface area contributed by atoms with Crippen LogP contribution in [0.5, 0.6) is 0 Å². The molecule has 0 amide bonds. The number of carboxylic acids is 1. The molecule has 0 saturated carbocycles. The van der Waals surface area contributed by atoms with Crippen molar-refractivity contribution in [2.24, 2.45) is 4.99 Å². The van der Waals surface area contributed by atoms with E-state index >= 15 is 0 Å². The third-order valence-corrected chi connectivity index (χ3v) is 6.45. The van der Waals surface area contributed by atoms with Crippen molar-refractivity contribution in [3.8, 4) is 0 Å². The Bertz CT molecular complexity index is 1050. The number of aliphatic imine (C=N–C) groups is 1. The molecule has 0 aromatic heterocycles. The molecule has 0 fully saturated rings. The molecule has 0 heterocycles. The maximum atomic E-state index is 11.9. The van der Waals surface area contributed by atoms with Crippen molar-refractivity contribution in [1.29, 1.82) is 0 Å². The number of hydrogen-bond donors (Lipinski definition) is 1. The number of aliphatic carboxylic acids is 1. The van der Waals surface area contributed by atoms with Crippen LogP contribution in [-0.2, 0) is 4.79 Å². The van der Waals surface area contributed by atoms with Crippen molar-refractivity contribution in [1.82, 2.24) is 0 Å². The molecule has 190 valence electrons. The van der Waals surface area contributed by atoms with Crippen LogP contribution in [0.3, 0.4) is 0 Å². The number of rotatable bonds is 10. The summed E-state index contributed by atoms with van der Waals surface area (Å²) < 4.78 is 0. The van der Waals surface area contributed by atoms with Crippen LogP contribution in [0, 0.1) is 0 Å². The molecule has 2 aromatic carbocycles. The molecule has 0 saturated heterocycles. The van der Waals surface area contributed by atoms with Gasteiger partial charge in [-0.25, -0.2) is 0 Å². The average molecular weight is 476 g/mol. The molecule has 4 heteroatoms. The van der Waals surface area contributed by atoms with Gasteiger partial charge in [0.1, 0.15) is 0 Å². The Balaban J connectivity index is 2.72. The van der Waals surface area contributed by atoms with E-state index in [1.165, 1.54) is 22.3 Å². The van der Waals surface area contributed by atoms with Crippen molar-refractivity contribution < 1.29 is 9.90 Å². The van der Waals surface area contributed by atoms with E-state index in [0.717, 1.165) is 11.4 Å². The highest BCUT2D eigenvalue weighted by molar-refractivity contribution is 6.04. The van der Waals surface area contributed by atoms with Gasteiger partial charge in [0.2, 0.25) is 0 Å². The Kier molecular flexibility index (Phi) is 9.88. The topological polar surface area (TPSA) is 63.8 Å². The van der Waals surface area contributed by atoms with Crippen LogP contribution < -0.4 is 0 Å². The Morgan fingerprint density at radius 2 is 1.17 bits per heavy atom. The minimum absolute atomic E-state index is 0.119. The van der Waals surface area contributed by atoms with Gasteiger partial charge in [-0.05, 0) is 47.3 Å². The smallest absolute Gasteiger partial charge is 0.307 e.